The molecule has 1 N–H and O–H groups in total. The molecular weight excluding hydrogens is 359 g/mol. The number of H-pyrrole nitrogens is 1. The second kappa shape index (κ2) is 9.73. The SMILES string of the molecule is CCN(CC)CCCCCCOC(=O)c1n[nH]c2cccc(C(F)(F)F)c12. The molecule has 1 aromatic carbocycles. The van der Waals surface area contributed by atoms with E-state index in [4.69, 9.17) is 4.74 Å². The number of hydrogen-bond acceptors (Lipinski definition) is 4. The first-order valence-electron chi connectivity index (χ1n) is 9.32. The number of benzene rings is 1. The first-order valence-corrected chi connectivity index (χ1v) is 9.32. The molecule has 0 saturated heterocycles. The Bertz CT molecular complexity index is 739. The number of nitrogens with one attached hydrogen (secondary N) is 1. The molecule has 0 atom stereocenters. The number of hydrogen-bond donors (Lipinski definition) is 1. The smallest absolute Gasteiger partial charge is 0.417 e. The zero-order chi connectivity index (χ0) is 19.9. The molecule has 1 aromatic heterocycles. The summed E-state index contributed by atoms with van der Waals surface area (Å²) in [5.74, 6) is -0.832. The summed E-state index contributed by atoms with van der Waals surface area (Å²) in [6.07, 6.45) is -0.877. The van der Waals surface area contributed by atoms with Gasteiger partial charge in [-0.25, -0.2) is 4.79 Å². The highest BCUT2D eigenvalue weighted by Crippen LogP contribution is 2.35. The number of aromatic amines is 1. The number of fused-ring (bicyclic) bond motifs is 1. The van der Waals surface area contributed by atoms with Crippen LogP contribution in [0.4, 0.5) is 13.2 Å². The molecule has 0 radical (unpaired) electrons. The number of carbonyl (C=O) groups is 1. The molecule has 5 nitrogen and oxygen atoms in total. The van der Waals surface area contributed by atoms with E-state index in [-0.39, 0.29) is 23.2 Å². The fourth-order valence-corrected chi connectivity index (χ4v) is 3.02. The molecule has 8 heteroatoms. The third-order valence-corrected chi connectivity index (χ3v) is 4.58. The molecular formula is C19H26F3N3O2. The van der Waals surface area contributed by atoms with E-state index in [1.165, 1.54) is 12.1 Å². The number of aromatic nitrogens is 2. The maximum absolute atomic E-state index is 13.2. The van der Waals surface area contributed by atoms with Gasteiger partial charge >= 0.3 is 12.1 Å². The average molecular weight is 385 g/mol. The maximum Gasteiger partial charge on any atom is 0.417 e. The second-order valence-corrected chi connectivity index (χ2v) is 6.38. The summed E-state index contributed by atoms with van der Waals surface area (Å²) in [5, 5.41) is 5.96. The van der Waals surface area contributed by atoms with Crippen molar-refractivity contribution < 1.29 is 22.7 Å². The van der Waals surface area contributed by atoms with Crippen molar-refractivity contribution in [2.45, 2.75) is 45.7 Å². The van der Waals surface area contributed by atoms with Gasteiger partial charge < -0.3 is 9.64 Å². The van der Waals surface area contributed by atoms with Crippen LogP contribution in [0.1, 0.15) is 55.6 Å². The Kier molecular flexibility index (Phi) is 7.65. The monoisotopic (exact) mass is 385 g/mol. The molecule has 0 bridgehead atoms. The molecule has 2 aromatic rings. The molecule has 150 valence electrons. The van der Waals surface area contributed by atoms with Crippen LogP contribution in [0.2, 0.25) is 0 Å². The Morgan fingerprint density at radius 2 is 1.85 bits per heavy atom. The largest absolute Gasteiger partial charge is 0.461 e. The van der Waals surface area contributed by atoms with Crippen LogP contribution < -0.4 is 0 Å². The van der Waals surface area contributed by atoms with E-state index in [1.807, 2.05) is 0 Å². The van der Waals surface area contributed by atoms with Crippen LogP contribution in [0.15, 0.2) is 18.2 Å². The number of esters is 1. The number of carbonyl (C=O) groups excluding carboxylic acids is 1. The highest BCUT2D eigenvalue weighted by Gasteiger charge is 2.35. The Labute approximate surface area is 156 Å². The molecule has 27 heavy (non-hydrogen) atoms. The Balaban J connectivity index is 1.85. The minimum absolute atomic E-state index is 0.160. The van der Waals surface area contributed by atoms with Gasteiger partial charge in [0.25, 0.3) is 0 Å². The van der Waals surface area contributed by atoms with Crippen LogP contribution in [-0.4, -0.2) is 47.3 Å². The summed E-state index contributed by atoms with van der Waals surface area (Å²) in [4.78, 5) is 14.5. The van der Waals surface area contributed by atoms with Gasteiger partial charge in [-0.05, 0) is 44.6 Å². The summed E-state index contributed by atoms with van der Waals surface area (Å²) in [7, 11) is 0. The van der Waals surface area contributed by atoms with Gasteiger partial charge in [0.2, 0.25) is 0 Å². The van der Waals surface area contributed by atoms with E-state index in [9.17, 15) is 18.0 Å². The van der Waals surface area contributed by atoms with E-state index in [2.05, 4.69) is 28.9 Å². The third kappa shape index (κ3) is 5.69. The minimum atomic E-state index is -4.57. The predicted octanol–water partition coefficient (Wildman–Crippen LogP) is 4.64. The summed E-state index contributed by atoms with van der Waals surface area (Å²) in [6.45, 7) is 7.55. The number of halogens is 3. The van der Waals surface area contributed by atoms with Crippen molar-refractivity contribution in [3.8, 4) is 0 Å². The molecule has 0 fully saturated rings. The Hall–Kier alpha value is -2.09. The molecule has 0 aliphatic carbocycles. The summed E-state index contributed by atoms with van der Waals surface area (Å²) in [5.41, 5.74) is -1.05. The molecule has 0 spiro atoms. The summed E-state index contributed by atoms with van der Waals surface area (Å²) in [6, 6.07) is 3.66. The maximum atomic E-state index is 13.2. The zero-order valence-electron chi connectivity index (χ0n) is 15.7. The van der Waals surface area contributed by atoms with Crippen LogP contribution in [0, 0.1) is 0 Å². The van der Waals surface area contributed by atoms with Crippen molar-refractivity contribution in [3.63, 3.8) is 0 Å². The molecule has 0 unspecified atom stereocenters. The second-order valence-electron chi connectivity index (χ2n) is 6.38. The van der Waals surface area contributed by atoms with Crippen molar-refractivity contribution >= 4 is 16.9 Å². The van der Waals surface area contributed by atoms with Gasteiger partial charge in [0, 0.05) is 5.39 Å². The van der Waals surface area contributed by atoms with Crippen LogP contribution >= 0.6 is 0 Å². The third-order valence-electron chi connectivity index (χ3n) is 4.58. The topological polar surface area (TPSA) is 58.2 Å². The van der Waals surface area contributed by atoms with Gasteiger partial charge in [0.15, 0.2) is 5.69 Å². The van der Waals surface area contributed by atoms with Crippen molar-refractivity contribution in [1.29, 1.82) is 0 Å². The number of unbranched alkanes of at least 4 members (excludes halogenated alkanes) is 3. The van der Waals surface area contributed by atoms with Gasteiger partial charge in [-0.15, -0.1) is 0 Å². The van der Waals surface area contributed by atoms with Crippen molar-refractivity contribution in [3.05, 3.63) is 29.5 Å². The first kappa shape index (κ1) is 21.2. The van der Waals surface area contributed by atoms with Gasteiger partial charge in [-0.3, -0.25) is 5.10 Å². The highest BCUT2D eigenvalue weighted by molar-refractivity contribution is 6.03. The minimum Gasteiger partial charge on any atom is -0.461 e. The number of alkyl halides is 3. The lowest BCUT2D eigenvalue weighted by Crippen LogP contribution is -2.23. The van der Waals surface area contributed by atoms with Crippen LogP contribution in [0.3, 0.4) is 0 Å². The molecule has 0 saturated carbocycles. The van der Waals surface area contributed by atoms with Crippen LogP contribution in [0.5, 0.6) is 0 Å². The quantitative estimate of drug-likeness (QED) is 0.478. The van der Waals surface area contributed by atoms with Gasteiger partial charge in [0.1, 0.15) is 0 Å². The molecule has 0 aliphatic rings. The van der Waals surface area contributed by atoms with E-state index in [1.54, 1.807) is 0 Å². The number of nitrogens with zero attached hydrogens (tertiary/aromatic N) is 2. The lowest BCUT2D eigenvalue weighted by molar-refractivity contribution is -0.136. The first-order chi connectivity index (χ1) is 12.9. The van der Waals surface area contributed by atoms with Gasteiger partial charge in [-0.2, -0.15) is 18.3 Å². The predicted molar refractivity (Wildman–Crippen MR) is 97.6 cm³/mol. The molecule has 2 rings (SSSR count). The van der Waals surface area contributed by atoms with Crippen molar-refractivity contribution in [2.24, 2.45) is 0 Å². The Morgan fingerprint density at radius 1 is 1.15 bits per heavy atom. The van der Waals surface area contributed by atoms with Crippen molar-refractivity contribution in [2.75, 3.05) is 26.2 Å². The Morgan fingerprint density at radius 3 is 2.52 bits per heavy atom. The van der Waals surface area contributed by atoms with E-state index in [0.29, 0.717) is 6.42 Å². The van der Waals surface area contributed by atoms with E-state index >= 15 is 0 Å². The van der Waals surface area contributed by atoms with Crippen LogP contribution in [-0.2, 0) is 10.9 Å². The van der Waals surface area contributed by atoms with Crippen molar-refractivity contribution in [1.82, 2.24) is 15.1 Å². The lowest BCUT2D eigenvalue weighted by atomic mass is 10.1. The standard InChI is InChI=1S/C19H26F3N3O2/c1-3-25(4-2)12-7-5-6-8-13-27-18(26)17-16-14(19(20,21)22)10-9-11-15(16)23-24-17/h9-11H,3-8,12-13H2,1-2H3,(H,23,24). The molecule has 1 heterocycles. The van der Waals surface area contributed by atoms with Crippen LogP contribution in [0.25, 0.3) is 10.9 Å². The fourth-order valence-electron chi connectivity index (χ4n) is 3.02. The summed E-state index contributed by atoms with van der Waals surface area (Å²) >= 11 is 0. The van der Waals surface area contributed by atoms with Gasteiger partial charge in [-0.1, -0.05) is 32.8 Å². The molecule has 0 aliphatic heterocycles. The zero-order valence-corrected chi connectivity index (χ0v) is 15.7. The molecule has 0 amide bonds. The number of ether oxygens (including phenoxy) is 1. The van der Waals surface area contributed by atoms with Gasteiger partial charge in [0.05, 0.1) is 17.7 Å². The average Bonchev–Trinajstić information content (AvgIpc) is 3.07. The van der Waals surface area contributed by atoms with E-state index < -0.39 is 17.7 Å². The van der Waals surface area contributed by atoms with E-state index in [0.717, 1.165) is 45.0 Å². The highest BCUT2D eigenvalue weighted by atomic mass is 19.4. The lowest BCUT2D eigenvalue weighted by Gasteiger charge is -2.17. The fraction of sp³-hybridized carbons (Fsp3) is 0.579. The normalized spacial score (nSPS) is 12.1. The summed E-state index contributed by atoms with van der Waals surface area (Å²) < 4.78 is 44.7. The number of rotatable bonds is 10.